The second kappa shape index (κ2) is 9.47. The first-order valence-corrected chi connectivity index (χ1v) is 8.31. The Kier molecular flexibility index (Phi) is 7.01. The normalized spacial score (nSPS) is 10.2. The zero-order valence-electron chi connectivity index (χ0n) is 14.6. The number of benzene rings is 2. The van der Waals surface area contributed by atoms with Crippen molar-refractivity contribution in [2.75, 3.05) is 19.8 Å². The summed E-state index contributed by atoms with van der Waals surface area (Å²) in [7, 11) is 0. The molecular weight excluding hydrogens is 318 g/mol. The van der Waals surface area contributed by atoms with Gasteiger partial charge in [0, 0.05) is 6.54 Å². The van der Waals surface area contributed by atoms with E-state index in [2.05, 4.69) is 24.4 Å². The van der Waals surface area contributed by atoms with Crippen molar-refractivity contribution in [3.8, 4) is 5.75 Å². The molecule has 2 aromatic carbocycles. The lowest BCUT2D eigenvalue weighted by Gasteiger charge is -2.09. The highest BCUT2D eigenvalue weighted by Gasteiger charge is 2.07. The van der Waals surface area contributed by atoms with Gasteiger partial charge in [0.1, 0.15) is 5.75 Å². The Bertz CT molecular complexity index is 710. The van der Waals surface area contributed by atoms with Gasteiger partial charge >= 0.3 is 5.97 Å². The first-order valence-electron chi connectivity index (χ1n) is 8.31. The molecule has 0 aliphatic carbocycles. The Morgan fingerprint density at radius 3 is 2.44 bits per heavy atom. The number of amides is 1. The van der Waals surface area contributed by atoms with Crippen LogP contribution in [0, 0.1) is 6.92 Å². The van der Waals surface area contributed by atoms with Gasteiger partial charge in [-0.1, -0.05) is 24.3 Å². The SMILES string of the molecule is CCOC(=O)c1ccc(OCC(=O)NCCc2ccccc2C)cc1. The van der Waals surface area contributed by atoms with Gasteiger partial charge in [-0.25, -0.2) is 4.79 Å². The zero-order chi connectivity index (χ0) is 18.1. The molecule has 5 nitrogen and oxygen atoms in total. The van der Waals surface area contributed by atoms with E-state index >= 15 is 0 Å². The van der Waals surface area contributed by atoms with E-state index in [0.29, 0.717) is 24.5 Å². The number of carbonyl (C=O) groups is 2. The molecule has 2 aromatic rings. The van der Waals surface area contributed by atoms with E-state index in [-0.39, 0.29) is 18.5 Å². The van der Waals surface area contributed by atoms with E-state index in [1.807, 2.05) is 12.1 Å². The molecule has 25 heavy (non-hydrogen) atoms. The van der Waals surface area contributed by atoms with E-state index in [0.717, 1.165) is 6.42 Å². The molecule has 132 valence electrons. The third-order valence-electron chi connectivity index (χ3n) is 3.71. The lowest BCUT2D eigenvalue weighted by Crippen LogP contribution is -2.30. The van der Waals surface area contributed by atoms with Crippen LogP contribution in [0.15, 0.2) is 48.5 Å². The number of ether oxygens (including phenoxy) is 2. The summed E-state index contributed by atoms with van der Waals surface area (Å²) in [5.74, 6) is -0.0202. The van der Waals surface area contributed by atoms with Gasteiger partial charge in [0.2, 0.25) is 0 Å². The van der Waals surface area contributed by atoms with Crippen LogP contribution in [0.2, 0.25) is 0 Å². The summed E-state index contributed by atoms with van der Waals surface area (Å²) in [4.78, 5) is 23.4. The molecule has 5 heteroatoms. The lowest BCUT2D eigenvalue weighted by molar-refractivity contribution is -0.123. The largest absolute Gasteiger partial charge is 0.484 e. The van der Waals surface area contributed by atoms with Crippen molar-refractivity contribution in [1.82, 2.24) is 5.32 Å². The van der Waals surface area contributed by atoms with Gasteiger partial charge in [0.25, 0.3) is 5.91 Å². The molecule has 0 fully saturated rings. The topological polar surface area (TPSA) is 64.6 Å². The maximum atomic E-state index is 11.8. The van der Waals surface area contributed by atoms with Crippen LogP contribution in [-0.4, -0.2) is 31.6 Å². The molecule has 0 bridgehead atoms. The highest BCUT2D eigenvalue weighted by molar-refractivity contribution is 5.89. The van der Waals surface area contributed by atoms with Gasteiger partial charge in [0.05, 0.1) is 12.2 Å². The molecule has 0 aliphatic heterocycles. The van der Waals surface area contributed by atoms with Crippen molar-refractivity contribution in [2.24, 2.45) is 0 Å². The van der Waals surface area contributed by atoms with Crippen molar-refractivity contribution < 1.29 is 19.1 Å². The van der Waals surface area contributed by atoms with E-state index < -0.39 is 0 Å². The van der Waals surface area contributed by atoms with E-state index in [9.17, 15) is 9.59 Å². The number of carbonyl (C=O) groups excluding carboxylic acids is 2. The first kappa shape index (κ1) is 18.5. The van der Waals surface area contributed by atoms with Crippen LogP contribution in [0.5, 0.6) is 5.75 Å². The average Bonchev–Trinajstić information content (AvgIpc) is 2.62. The minimum absolute atomic E-state index is 0.0630. The van der Waals surface area contributed by atoms with Gasteiger partial charge in [-0.3, -0.25) is 4.79 Å². The Morgan fingerprint density at radius 2 is 1.76 bits per heavy atom. The molecule has 0 spiro atoms. The number of hydrogen-bond donors (Lipinski definition) is 1. The average molecular weight is 341 g/mol. The Balaban J connectivity index is 1.72. The highest BCUT2D eigenvalue weighted by atomic mass is 16.5. The second-order valence-corrected chi connectivity index (χ2v) is 5.56. The Labute approximate surface area is 148 Å². The van der Waals surface area contributed by atoms with Crippen LogP contribution in [-0.2, 0) is 16.0 Å². The van der Waals surface area contributed by atoms with Gasteiger partial charge in [-0.05, 0) is 55.7 Å². The van der Waals surface area contributed by atoms with Crippen molar-refractivity contribution in [3.63, 3.8) is 0 Å². The highest BCUT2D eigenvalue weighted by Crippen LogP contribution is 2.13. The molecule has 0 saturated heterocycles. The van der Waals surface area contributed by atoms with E-state index in [1.54, 1.807) is 31.2 Å². The molecule has 0 atom stereocenters. The fourth-order valence-corrected chi connectivity index (χ4v) is 2.33. The summed E-state index contributed by atoms with van der Waals surface area (Å²) >= 11 is 0. The van der Waals surface area contributed by atoms with E-state index in [1.165, 1.54) is 11.1 Å². The van der Waals surface area contributed by atoms with Crippen LogP contribution < -0.4 is 10.1 Å². The maximum absolute atomic E-state index is 11.8. The zero-order valence-corrected chi connectivity index (χ0v) is 14.6. The van der Waals surface area contributed by atoms with Crippen molar-refractivity contribution in [2.45, 2.75) is 20.3 Å². The fourth-order valence-electron chi connectivity index (χ4n) is 2.33. The summed E-state index contributed by atoms with van der Waals surface area (Å²) in [6.45, 7) is 4.65. The summed E-state index contributed by atoms with van der Waals surface area (Å²) in [6, 6.07) is 14.6. The molecule has 0 aromatic heterocycles. The fraction of sp³-hybridized carbons (Fsp3) is 0.300. The summed E-state index contributed by atoms with van der Waals surface area (Å²) < 4.78 is 10.3. The number of esters is 1. The maximum Gasteiger partial charge on any atom is 0.338 e. The minimum atomic E-state index is -0.372. The quantitative estimate of drug-likeness (QED) is 0.750. The number of aryl methyl sites for hydroxylation is 1. The van der Waals surface area contributed by atoms with Gasteiger partial charge in [-0.2, -0.15) is 0 Å². The van der Waals surface area contributed by atoms with Gasteiger partial charge in [0.15, 0.2) is 6.61 Å². The molecule has 0 unspecified atom stereocenters. The Morgan fingerprint density at radius 1 is 1.04 bits per heavy atom. The van der Waals surface area contributed by atoms with Crippen LogP contribution in [0.1, 0.15) is 28.4 Å². The number of rotatable bonds is 8. The summed E-state index contributed by atoms with van der Waals surface area (Å²) in [5, 5.41) is 2.84. The molecule has 0 aliphatic rings. The van der Waals surface area contributed by atoms with E-state index in [4.69, 9.17) is 9.47 Å². The van der Waals surface area contributed by atoms with Crippen LogP contribution >= 0.6 is 0 Å². The van der Waals surface area contributed by atoms with Crippen molar-refractivity contribution in [1.29, 1.82) is 0 Å². The summed E-state index contributed by atoms with van der Waals surface area (Å²) in [5.41, 5.74) is 2.89. The second-order valence-electron chi connectivity index (χ2n) is 5.56. The van der Waals surface area contributed by atoms with Gasteiger partial charge < -0.3 is 14.8 Å². The molecule has 1 amide bonds. The molecular formula is C20H23NO4. The lowest BCUT2D eigenvalue weighted by atomic mass is 10.1. The van der Waals surface area contributed by atoms with Crippen molar-refractivity contribution in [3.05, 3.63) is 65.2 Å². The standard InChI is InChI=1S/C20H23NO4/c1-3-24-20(23)17-8-10-18(11-9-17)25-14-19(22)21-13-12-16-7-5-4-6-15(16)2/h4-11H,3,12-14H2,1-2H3,(H,21,22). The molecule has 0 saturated carbocycles. The first-order chi connectivity index (χ1) is 12.1. The molecule has 0 heterocycles. The predicted molar refractivity (Wildman–Crippen MR) is 95.8 cm³/mol. The van der Waals surface area contributed by atoms with Crippen LogP contribution in [0.3, 0.4) is 0 Å². The van der Waals surface area contributed by atoms with Crippen molar-refractivity contribution >= 4 is 11.9 Å². The molecule has 0 radical (unpaired) electrons. The third-order valence-corrected chi connectivity index (χ3v) is 3.71. The molecule has 1 N–H and O–H groups in total. The third kappa shape index (κ3) is 5.95. The minimum Gasteiger partial charge on any atom is -0.484 e. The van der Waals surface area contributed by atoms with Gasteiger partial charge in [-0.15, -0.1) is 0 Å². The summed E-state index contributed by atoms with van der Waals surface area (Å²) in [6.07, 6.45) is 0.784. The predicted octanol–water partition coefficient (Wildman–Crippen LogP) is 2.91. The smallest absolute Gasteiger partial charge is 0.338 e. The molecule has 2 rings (SSSR count). The van der Waals surface area contributed by atoms with Crippen LogP contribution in [0.4, 0.5) is 0 Å². The van der Waals surface area contributed by atoms with Crippen LogP contribution in [0.25, 0.3) is 0 Å². The monoisotopic (exact) mass is 341 g/mol. The number of nitrogens with one attached hydrogen (secondary N) is 1. The Hall–Kier alpha value is -2.82. The number of hydrogen-bond acceptors (Lipinski definition) is 4.